The second kappa shape index (κ2) is 5.78. The number of nitro benzene ring substituents is 1. The molecule has 2 rings (SSSR count). The number of aromatic nitrogens is 2. The van der Waals surface area contributed by atoms with E-state index >= 15 is 0 Å². The molecule has 0 aliphatic carbocycles. The fourth-order valence-corrected chi connectivity index (χ4v) is 1.63. The van der Waals surface area contributed by atoms with E-state index in [0.717, 1.165) is 12.1 Å². The van der Waals surface area contributed by atoms with E-state index in [9.17, 15) is 14.5 Å². The highest BCUT2D eigenvalue weighted by Gasteiger charge is 2.15. The molecule has 1 heterocycles. The molecule has 20 heavy (non-hydrogen) atoms. The second-order valence-electron chi connectivity index (χ2n) is 3.57. The van der Waals surface area contributed by atoms with Crippen LogP contribution >= 0.6 is 15.9 Å². The van der Waals surface area contributed by atoms with E-state index in [-0.39, 0.29) is 11.6 Å². The predicted octanol–water partition coefficient (Wildman–Crippen LogP) is 3.12. The van der Waals surface area contributed by atoms with Crippen LogP contribution in [0.5, 0.6) is 11.6 Å². The average Bonchev–Trinajstić information content (AvgIpc) is 2.41. The van der Waals surface area contributed by atoms with Gasteiger partial charge >= 0.3 is 5.69 Å². The number of hydrogen-bond donors (Lipinski definition) is 1. The molecular weight excluding hydrogens is 335 g/mol. The molecule has 0 radical (unpaired) electrons. The fourth-order valence-electron chi connectivity index (χ4n) is 1.35. The van der Waals surface area contributed by atoms with Crippen molar-refractivity contribution in [2.75, 3.05) is 12.4 Å². The van der Waals surface area contributed by atoms with Crippen LogP contribution in [0.2, 0.25) is 0 Å². The van der Waals surface area contributed by atoms with Crippen molar-refractivity contribution in [2.24, 2.45) is 0 Å². The zero-order chi connectivity index (χ0) is 14.7. The maximum atomic E-state index is 13.5. The summed E-state index contributed by atoms with van der Waals surface area (Å²) in [4.78, 5) is 17.7. The molecule has 0 saturated carbocycles. The Balaban J connectivity index is 2.30. The van der Waals surface area contributed by atoms with Gasteiger partial charge in [-0.3, -0.25) is 10.1 Å². The summed E-state index contributed by atoms with van der Waals surface area (Å²) >= 11 is 3.19. The molecule has 0 saturated heterocycles. The lowest BCUT2D eigenvalue weighted by molar-refractivity contribution is -0.387. The van der Waals surface area contributed by atoms with E-state index in [4.69, 9.17) is 4.74 Å². The summed E-state index contributed by atoms with van der Waals surface area (Å²) in [6, 6.07) is 3.24. The van der Waals surface area contributed by atoms with Crippen LogP contribution in [0.25, 0.3) is 0 Å². The molecule has 2 aromatic rings. The normalized spacial score (nSPS) is 10.2. The zero-order valence-corrected chi connectivity index (χ0v) is 11.7. The SMILES string of the molecule is CNc1ncc(Br)c(Oc2ccc([N+](=O)[O-])c(F)c2)n1. The lowest BCUT2D eigenvalue weighted by Gasteiger charge is -2.07. The molecule has 1 aromatic carbocycles. The van der Waals surface area contributed by atoms with Gasteiger partial charge in [-0.1, -0.05) is 0 Å². The Hall–Kier alpha value is -2.29. The minimum Gasteiger partial charge on any atom is -0.438 e. The molecule has 1 aromatic heterocycles. The predicted molar refractivity (Wildman–Crippen MR) is 72.4 cm³/mol. The number of anilines is 1. The largest absolute Gasteiger partial charge is 0.438 e. The van der Waals surface area contributed by atoms with Crippen LogP contribution in [0.15, 0.2) is 28.9 Å². The fraction of sp³-hybridized carbons (Fsp3) is 0.0909. The zero-order valence-electron chi connectivity index (χ0n) is 10.1. The van der Waals surface area contributed by atoms with Crippen molar-refractivity contribution in [1.82, 2.24) is 9.97 Å². The van der Waals surface area contributed by atoms with Gasteiger partial charge in [0.1, 0.15) is 5.75 Å². The summed E-state index contributed by atoms with van der Waals surface area (Å²) in [5, 5.41) is 13.2. The maximum absolute atomic E-state index is 13.5. The van der Waals surface area contributed by atoms with Gasteiger partial charge in [0.05, 0.1) is 15.6 Å². The van der Waals surface area contributed by atoms with Gasteiger partial charge in [0, 0.05) is 19.2 Å². The van der Waals surface area contributed by atoms with E-state index in [1.807, 2.05) is 0 Å². The lowest BCUT2D eigenvalue weighted by Crippen LogP contribution is -1.99. The standard InChI is InChI=1S/C11H8BrFN4O3/c1-14-11-15-5-7(12)10(16-11)20-6-2-3-9(17(18)19)8(13)4-6/h2-5H,1H3,(H,14,15,16). The third-order valence-corrected chi connectivity index (χ3v) is 2.81. The van der Waals surface area contributed by atoms with Crippen molar-refractivity contribution >= 4 is 27.6 Å². The number of nitro groups is 1. The van der Waals surface area contributed by atoms with Crippen molar-refractivity contribution in [1.29, 1.82) is 0 Å². The van der Waals surface area contributed by atoms with Gasteiger partial charge < -0.3 is 10.1 Å². The summed E-state index contributed by atoms with van der Waals surface area (Å²) in [7, 11) is 1.64. The van der Waals surface area contributed by atoms with Crippen molar-refractivity contribution in [3.8, 4) is 11.6 Å². The highest BCUT2D eigenvalue weighted by atomic mass is 79.9. The van der Waals surface area contributed by atoms with E-state index in [1.165, 1.54) is 12.3 Å². The van der Waals surface area contributed by atoms with E-state index < -0.39 is 16.4 Å². The maximum Gasteiger partial charge on any atom is 0.305 e. The summed E-state index contributed by atoms with van der Waals surface area (Å²) in [6.07, 6.45) is 1.47. The first-order valence-electron chi connectivity index (χ1n) is 5.33. The molecule has 9 heteroatoms. The van der Waals surface area contributed by atoms with Gasteiger partial charge in [0.2, 0.25) is 17.6 Å². The quantitative estimate of drug-likeness (QED) is 0.678. The number of halogens is 2. The number of hydrogen-bond acceptors (Lipinski definition) is 6. The summed E-state index contributed by atoms with van der Waals surface area (Å²) in [5.41, 5.74) is -0.616. The van der Waals surface area contributed by atoms with Crippen molar-refractivity contribution in [3.05, 3.63) is 44.8 Å². The number of benzene rings is 1. The van der Waals surface area contributed by atoms with Gasteiger partial charge in [0.25, 0.3) is 0 Å². The topological polar surface area (TPSA) is 90.2 Å². The van der Waals surface area contributed by atoms with E-state index in [1.54, 1.807) is 7.05 Å². The molecule has 0 fully saturated rings. The Kier molecular flexibility index (Phi) is 4.08. The third-order valence-electron chi connectivity index (χ3n) is 2.27. The molecule has 0 amide bonds. The average molecular weight is 343 g/mol. The molecule has 104 valence electrons. The molecule has 0 aliphatic rings. The minimum atomic E-state index is -0.980. The van der Waals surface area contributed by atoms with Crippen LogP contribution in [0, 0.1) is 15.9 Å². The molecule has 7 nitrogen and oxygen atoms in total. The van der Waals surface area contributed by atoms with Crippen molar-refractivity contribution in [3.63, 3.8) is 0 Å². The molecule has 0 bridgehead atoms. The number of ether oxygens (including phenoxy) is 1. The molecule has 0 atom stereocenters. The monoisotopic (exact) mass is 342 g/mol. The Morgan fingerprint density at radius 3 is 2.85 bits per heavy atom. The molecule has 0 aliphatic heterocycles. The van der Waals surface area contributed by atoms with Gasteiger partial charge in [-0.05, 0) is 22.0 Å². The molecule has 0 unspecified atom stereocenters. The minimum absolute atomic E-state index is 0.0922. The number of rotatable bonds is 4. The molecule has 1 N–H and O–H groups in total. The van der Waals surface area contributed by atoms with Gasteiger partial charge in [0.15, 0.2) is 0 Å². The van der Waals surface area contributed by atoms with Gasteiger partial charge in [-0.25, -0.2) is 4.98 Å². The Morgan fingerprint density at radius 1 is 1.50 bits per heavy atom. The number of nitrogens with one attached hydrogen (secondary N) is 1. The van der Waals surface area contributed by atoms with Gasteiger partial charge in [-0.15, -0.1) is 0 Å². The number of nitrogens with zero attached hydrogens (tertiary/aromatic N) is 3. The molecular formula is C11H8BrFN4O3. The molecule has 0 spiro atoms. The first kappa shape index (κ1) is 14.1. The van der Waals surface area contributed by atoms with Crippen molar-refractivity contribution in [2.45, 2.75) is 0 Å². The van der Waals surface area contributed by atoms with Crippen molar-refractivity contribution < 1.29 is 14.1 Å². The Labute approximate surface area is 121 Å². The smallest absolute Gasteiger partial charge is 0.305 e. The Bertz CT molecular complexity index is 668. The van der Waals surface area contributed by atoms with E-state index in [2.05, 4.69) is 31.2 Å². The highest BCUT2D eigenvalue weighted by Crippen LogP contribution is 2.30. The van der Waals surface area contributed by atoms with Crippen LogP contribution in [0.1, 0.15) is 0 Å². The Morgan fingerprint density at radius 2 is 2.25 bits per heavy atom. The van der Waals surface area contributed by atoms with Crippen LogP contribution in [0.3, 0.4) is 0 Å². The summed E-state index contributed by atoms with van der Waals surface area (Å²) < 4.78 is 19.3. The first-order valence-corrected chi connectivity index (χ1v) is 6.12. The van der Waals surface area contributed by atoms with Crippen LogP contribution in [0.4, 0.5) is 16.0 Å². The highest BCUT2D eigenvalue weighted by molar-refractivity contribution is 9.10. The van der Waals surface area contributed by atoms with Crippen LogP contribution in [-0.2, 0) is 0 Å². The second-order valence-corrected chi connectivity index (χ2v) is 4.42. The van der Waals surface area contributed by atoms with Gasteiger partial charge in [-0.2, -0.15) is 9.37 Å². The van der Waals surface area contributed by atoms with E-state index in [0.29, 0.717) is 10.4 Å². The van der Waals surface area contributed by atoms with Crippen LogP contribution < -0.4 is 10.1 Å². The van der Waals surface area contributed by atoms with Crippen LogP contribution in [-0.4, -0.2) is 21.9 Å². The first-order chi connectivity index (χ1) is 9.51. The summed E-state index contributed by atoms with van der Waals surface area (Å²) in [5.74, 6) is -0.399. The third kappa shape index (κ3) is 2.99. The summed E-state index contributed by atoms with van der Waals surface area (Å²) in [6.45, 7) is 0. The lowest BCUT2D eigenvalue weighted by atomic mass is 10.3.